The Morgan fingerprint density at radius 1 is 1.10 bits per heavy atom. The molecule has 8 heteroatoms. The van der Waals surface area contributed by atoms with E-state index in [0.717, 1.165) is 29.7 Å². The molecule has 0 spiro atoms. The Labute approximate surface area is 196 Å². The highest BCUT2D eigenvalue weighted by Gasteiger charge is 2.20. The molecular formula is C23H24Cl2N4OS. The van der Waals surface area contributed by atoms with Crippen molar-refractivity contribution in [3.8, 4) is 17.1 Å². The summed E-state index contributed by atoms with van der Waals surface area (Å²) in [5.41, 5.74) is 2.80. The van der Waals surface area contributed by atoms with Gasteiger partial charge < -0.3 is 5.32 Å². The van der Waals surface area contributed by atoms with E-state index in [9.17, 15) is 4.79 Å². The van der Waals surface area contributed by atoms with Crippen molar-refractivity contribution in [3.63, 3.8) is 0 Å². The number of thioether (sulfide) groups is 1. The topological polar surface area (TPSA) is 59.8 Å². The maximum absolute atomic E-state index is 12.5. The molecule has 1 fully saturated rings. The molecule has 2 aromatic carbocycles. The van der Waals surface area contributed by atoms with Crippen LogP contribution in [0, 0.1) is 6.92 Å². The number of rotatable bonds is 6. The summed E-state index contributed by atoms with van der Waals surface area (Å²) in [6.45, 7) is 2.04. The summed E-state index contributed by atoms with van der Waals surface area (Å²) in [5, 5.41) is 13.6. The van der Waals surface area contributed by atoms with Crippen LogP contribution in [0.5, 0.6) is 0 Å². The molecule has 0 saturated heterocycles. The number of amides is 1. The van der Waals surface area contributed by atoms with Gasteiger partial charge in [-0.25, -0.2) is 0 Å². The van der Waals surface area contributed by atoms with Gasteiger partial charge in [-0.05, 0) is 50.1 Å². The van der Waals surface area contributed by atoms with Gasteiger partial charge >= 0.3 is 0 Å². The lowest BCUT2D eigenvalue weighted by Crippen LogP contribution is -2.37. The van der Waals surface area contributed by atoms with Gasteiger partial charge in [0.1, 0.15) is 0 Å². The molecule has 5 nitrogen and oxygen atoms in total. The largest absolute Gasteiger partial charge is 0.353 e. The highest BCUT2D eigenvalue weighted by molar-refractivity contribution is 7.99. The second-order valence-electron chi connectivity index (χ2n) is 7.79. The van der Waals surface area contributed by atoms with Crippen molar-refractivity contribution < 1.29 is 4.79 Å². The average molecular weight is 475 g/mol. The average Bonchev–Trinajstić information content (AvgIpc) is 3.17. The maximum Gasteiger partial charge on any atom is 0.230 e. The molecule has 1 aliphatic rings. The molecule has 1 aromatic heterocycles. The minimum atomic E-state index is 0.0291. The summed E-state index contributed by atoms with van der Waals surface area (Å²) in [7, 11) is 0. The summed E-state index contributed by atoms with van der Waals surface area (Å²) in [6, 6.07) is 13.7. The van der Waals surface area contributed by atoms with Crippen molar-refractivity contribution in [2.24, 2.45) is 0 Å². The van der Waals surface area contributed by atoms with Crippen LogP contribution in [0.3, 0.4) is 0 Å². The third-order valence-corrected chi connectivity index (χ3v) is 6.88. The van der Waals surface area contributed by atoms with Gasteiger partial charge in [-0.15, -0.1) is 10.2 Å². The van der Waals surface area contributed by atoms with Crippen LogP contribution in [0.4, 0.5) is 0 Å². The van der Waals surface area contributed by atoms with Crippen LogP contribution in [-0.2, 0) is 4.79 Å². The van der Waals surface area contributed by atoms with Crippen molar-refractivity contribution in [1.82, 2.24) is 20.1 Å². The molecule has 162 valence electrons. The Bertz CT molecular complexity index is 1060. The van der Waals surface area contributed by atoms with Gasteiger partial charge in [-0.3, -0.25) is 9.36 Å². The third-order valence-electron chi connectivity index (χ3n) is 5.40. The molecule has 1 N–H and O–H groups in total. The third kappa shape index (κ3) is 5.43. The number of aromatic nitrogens is 3. The predicted octanol–water partition coefficient (Wildman–Crippen LogP) is 6.09. The first-order valence-corrected chi connectivity index (χ1v) is 12.2. The minimum absolute atomic E-state index is 0.0291. The Morgan fingerprint density at radius 3 is 2.55 bits per heavy atom. The van der Waals surface area contributed by atoms with Crippen LogP contribution in [0.25, 0.3) is 17.1 Å². The van der Waals surface area contributed by atoms with E-state index in [-0.39, 0.29) is 11.7 Å². The number of halogens is 2. The quantitative estimate of drug-likeness (QED) is 0.439. The van der Waals surface area contributed by atoms with Gasteiger partial charge in [-0.1, -0.05) is 71.9 Å². The smallest absolute Gasteiger partial charge is 0.230 e. The van der Waals surface area contributed by atoms with Gasteiger partial charge in [0.15, 0.2) is 11.0 Å². The Morgan fingerprint density at radius 2 is 1.84 bits per heavy atom. The van der Waals surface area contributed by atoms with E-state index in [2.05, 4.69) is 15.5 Å². The fourth-order valence-corrected chi connectivity index (χ4v) is 5.04. The lowest BCUT2D eigenvalue weighted by atomic mass is 9.95. The van der Waals surface area contributed by atoms with Crippen molar-refractivity contribution >= 4 is 40.9 Å². The summed E-state index contributed by atoms with van der Waals surface area (Å²) in [6.07, 6.45) is 5.76. The highest BCUT2D eigenvalue weighted by atomic mass is 35.5. The van der Waals surface area contributed by atoms with E-state index in [4.69, 9.17) is 23.2 Å². The van der Waals surface area contributed by atoms with E-state index in [0.29, 0.717) is 27.1 Å². The molecule has 4 rings (SSSR count). The molecule has 0 atom stereocenters. The van der Waals surface area contributed by atoms with E-state index < -0.39 is 0 Å². The zero-order chi connectivity index (χ0) is 21.8. The second kappa shape index (κ2) is 10.1. The van der Waals surface area contributed by atoms with Crippen LogP contribution in [-0.4, -0.2) is 32.5 Å². The van der Waals surface area contributed by atoms with Crippen molar-refractivity contribution in [1.29, 1.82) is 0 Å². The molecular weight excluding hydrogens is 451 g/mol. The molecule has 3 aromatic rings. The Kier molecular flexibility index (Phi) is 7.20. The minimum Gasteiger partial charge on any atom is -0.353 e. The fourth-order valence-electron chi connectivity index (χ4n) is 3.78. The highest BCUT2D eigenvalue weighted by Crippen LogP contribution is 2.33. The number of benzene rings is 2. The Hall–Kier alpha value is -2.02. The van der Waals surface area contributed by atoms with E-state index >= 15 is 0 Å². The number of nitrogens with one attached hydrogen (secondary N) is 1. The van der Waals surface area contributed by atoms with Gasteiger partial charge in [-0.2, -0.15) is 0 Å². The van der Waals surface area contributed by atoms with E-state index in [1.54, 1.807) is 12.1 Å². The summed E-state index contributed by atoms with van der Waals surface area (Å²) < 4.78 is 1.94. The molecule has 0 unspecified atom stereocenters. The molecule has 0 radical (unpaired) electrons. The zero-order valence-electron chi connectivity index (χ0n) is 17.3. The second-order valence-corrected chi connectivity index (χ2v) is 9.58. The molecule has 0 aliphatic heterocycles. The molecule has 0 bridgehead atoms. The normalized spacial score (nSPS) is 14.5. The van der Waals surface area contributed by atoms with Gasteiger partial charge in [0, 0.05) is 22.3 Å². The van der Waals surface area contributed by atoms with Gasteiger partial charge in [0.2, 0.25) is 5.91 Å². The lowest BCUT2D eigenvalue weighted by Gasteiger charge is -2.22. The van der Waals surface area contributed by atoms with E-state index in [1.807, 2.05) is 41.8 Å². The summed E-state index contributed by atoms with van der Waals surface area (Å²) in [5.74, 6) is 0.927. The monoisotopic (exact) mass is 474 g/mol. The van der Waals surface area contributed by atoms with Gasteiger partial charge in [0.05, 0.1) is 10.8 Å². The molecule has 31 heavy (non-hydrogen) atoms. The maximum atomic E-state index is 12.5. The van der Waals surface area contributed by atoms with Gasteiger partial charge in [0.25, 0.3) is 0 Å². The van der Waals surface area contributed by atoms with Crippen LogP contribution in [0.15, 0.2) is 47.6 Å². The number of hydrogen-bond donors (Lipinski definition) is 1. The molecule has 1 amide bonds. The standard InChI is InChI=1S/C23H24Cl2N4OS/c1-15-7-10-18(11-8-15)29-22(19-12-9-16(24)13-20(19)25)27-28-23(29)31-14-21(30)26-17-5-3-2-4-6-17/h7-13,17H,2-6,14H2,1H3,(H,26,30). The molecule has 1 heterocycles. The van der Waals surface area contributed by atoms with Crippen molar-refractivity contribution in [2.75, 3.05) is 5.75 Å². The van der Waals surface area contributed by atoms with Crippen LogP contribution >= 0.6 is 35.0 Å². The van der Waals surface area contributed by atoms with Crippen LogP contribution in [0.2, 0.25) is 10.0 Å². The molecule has 1 saturated carbocycles. The predicted molar refractivity (Wildman–Crippen MR) is 127 cm³/mol. The number of nitrogens with zero attached hydrogens (tertiary/aromatic N) is 3. The molecule has 1 aliphatic carbocycles. The first-order valence-electron chi connectivity index (χ1n) is 10.4. The lowest BCUT2D eigenvalue weighted by molar-refractivity contribution is -0.119. The number of aryl methyl sites for hydroxylation is 1. The number of carbonyl (C=O) groups is 1. The SMILES string of the molecule is Cc1ccc(-n2c(SCC(=O)NC3CCCCC3)nnc2-c2ccc(Cl)cc2Cl)cc1. The van der Waals surface area contributed by atoms with Crippen molar-refractivity contribution in [2.45, 2.75) is 50.2 Å². The first-order chi connectivity index (χ1) is 15.0. The van der Waals surface area contributed by atoms with Crippen LogP contribution < -0.4 is 5.32 Å². The fraction of sp³-hybridized carbons (Fsp3) is 0.348. The first kappa shape index (κ1) is 22.2. The zero-order valence-corrected chi connectivity index (χ0v) is 19.6. The Balaban J connectivity index is 1.60. The summed E-state index contributed by atoms with van der Waals surface area (Å²) >= 11 is 13.9. The van der Waals surface area contributed by atoms with Crippen molar-refractivity contribution in [3.05, 3.63) is 58.1 Å². The number of hydrogen-bond acceptors (Lipinski definition) is 4. The van der Waals surface area contributed by atoms with Crippen LogP contribution in [0.1, 0.15) is 37.7 Å². The number of carbonyl (C=O) groups excluding carboxylic acids is 1. The van der Waals surface area contributed by atoms with E-state index in [1.165, 1.54) is 31.0 Å². The summed E-state index contributed by atoms with van der Waals surface area (Å²) in [4.78, 5) is 12.5.